The highest BCUT2D eigenvalue weighted by molar-refractivity contribution is 4.64. The van der Waals surface area contributed by atoms with Gasteiger partial charge in [0.1, 0.15) is 0 Å². The molecule has 0 aromatic carbocycles. The predicted octanol–water partition coefficient (Wildman–Crippen LogP) is 3.18. The second kappa shape index (κ2) is 10.1. The van der Waals surface area contributed by atoms with Crippen molar-refractivity contribution in [2.75, 3.05) is 13.1 Å². The lowest BCUT2D eigenvalue weighted by atomic mass is 10.1. The van der Waals surface area contributed by atoms with Gasteiger partial charge in [0.2, 0.25) is 0 Å². The van der Waals surface area contributed by atoms with Gasteiger partial charge in [-0.15, -0.1) is 0 Å². The third kappa shape index (κ3) is 10.4. The van der Waals surface area contributed by atoms with Crippen LogP contribution in [0, 0.1) is 5.92 Å². The van der Waals surface area contributed by atoms with E-state index < -0.39 is 0 Å². The number of nitrogens with one attached hydrogen (secondary N) is 2. The van der Waals surface area contributed by atoms with Crippen LogP contribution in [0.4, 0.5) is 0 Å². The summed E-state index contributed by atoms with van der Waals surface area (Å²) in [6.07, 6.45) is 5.07. The van der Waals surface area contributed by atoms with Crippen molar-refractivity contribution in [2.45, 2.75) is 72.4 Å². The molecule has 0 saturated carbocycles. The van der Waals surface area contributed by atoms with E-state index in [9.17, 15) is 0 Å². The molecule has 0 aliphatic rings. The first-order valence-corrected chi connectivity index (χ1v) is 7.03. The molecule has 0 saturated heterocycles. The van der Waals surface area contributed by atoms with Crippen molar-refractivity contribution in [2.24, 2.45) is 5.92 Å². The third-order valence-corrected chi connectivity index (χ3v) is 2.89. The third-order valence-electron chi connectivity index (χ3n) is 2.89. The molecule has 0 spiro atoms. The van der Waals surface area contributed by atoms with E-state index in [4.69, 9.17) is 0 Å². The molecule has 2 atom stereocenters. The average molecular weight is 228 g/mol. The van der Waals surface area contributed by atoms with E-state index in [1.807, 2.05) is 0 Å². The first-order valence-electron chi connectivity index (χ1n) is 7.03. The van der Waals surface area contributed by atoms with E-state index >= 15 is 0 Å². The molecule has 2 unspecified atom stereocenters. The maximum Gasteiger partial charge on any atom is 0.00411 e. The summed E-state index contributed by atoms with van der Waals surface area (Å²) in [5, 5.41) is 7.14. The Morgan fingerprint density at radius 1 is 0.875 bits per heavy atom. The quantitative estimate of drug-likeness (QED) is 0.561. The molecule has 0 aliphatic heterocycles. The zero-order chi connectivity index (χ0) is 12.4. The fraction of sp³-hybridized carbons (Fsp3) is 1.00. The SMILES string of the molecule is CCCC(C)NCCCNC(C)CC(C)C. The Morgan fingerprint density at radius 2 is 1.44 bits per heavy atom. The van der Waals surface area contributed by atoms with Gasteiger partial charge < -0.3 is 10.6 Å². The molecule has 16 heavy (non-hydrogen) atoms. The Balaban J connectivity index is 3.26. The van der Waals surface area contributed by atoms with Crippen molar-refractivity contribution >= 4 is 0 Å². The molecule has 0 aliphatic carbocycles. The van der Waals surface area contributed by atoms with Gasteiger partial charge in [0.25, 0.3) is 0 Å². The molecule has 2 heteroatoms. The highest BCUT2D eigenvalue weighted by atomic mass is 14.9. The van der Waals surface area contributed by atoms with E-state index in [-0.39, 0.29) is 0 Å². The van der Waals surface area contributed by atoms with Crippen LogP contribution in [0.3, 0.4) is 0 Å². The van der Waals surface area contributed by atoms with Gasteiger partial charge in [-0.2, -0.15) is 0 Å². The summed E-state index contributed by atoms with van der Waals surface area (Å²) in [6, 6.07) is 1.34. The molecule has 0 rings (SSSR count). The van der Waals surface area contributed by atoms with Crippen molar-refractivity contribution in [3.8, 4) is 0 Å². The van der Waals surface area contributed by atoms with Gasteiger partial charge in [0, 0.05) is 12.1 Å². The van der Waals surface area contributed by atoms with Crippen molar-refractivity contribution in [1.82, 2.24) is 10.6 Å². The number of hydrogen-bond donors (Lipinski definition) is 2. The molecule has 2 N–H and O–H groups in total. The Labute approximate surface area is 103 Å². The van der Waals surface area contributed by atoms with E-state index in [2.05, 4.69) is 45.3 Å². The maximum absolute atomic E-state index is 3.58. The largest absolute Gasteiger partial charge is 0.314 e. The molecule has 0 amide bonds. The fourth-order valence-corrected chi connectivity index (χ4v) is 2.11. The molecule has 98 valence electrons. The van der Waals surface area contributed by atoms with Crippen LogP contribution in [0.1, 0.15) is 60.3 Å². The highest BCUT2D eigenvalue weighted by Gasteiger charge is 2.03. The zero-order valence-corrected chi connectivity index (χ0v) is 12.0. The lowest BCUT2D eigenvalue weighted by molar-refractivity contribution is 0.429. The van der Waals surface area contributed by atoms with Crippen LogP contribution >= 0.6 is 0 Å². The molecule has 2 nitrogen and oxygen atoms in total. The summed E-state index contributed by atoms with van der Waals surface area (Å²) in [5.74, 6) is 0.796. The summed E-state index contributed by atoms with van der Waals surface area (Å²) < 4.78 is 0. The monoisotopic (exact) mass is 228 g/mol. The van der Waals surface area contributed by atoms with Crippen LogP contribution in [0.2, 0.25) is 0 Å². The van der Waals surface area contributed by atoms with Gasteiger partial charge in [-0.1, -0.05) is 27.2 Å². The minimum Gasteiger partial charge on any atom is -0.314 e. The van der Waals surface area contributed by atoms with Crippen molar-refractivity contribution in [3.63, 3.8) is 0 Å². The van der Waals surface area contributed by atoms with E-state index in [0.29, 0.717) is 12.1 Å². The minimum absolute atomic E-state index is 0.660. The molecule has 0 bridgehead atoms. The van der Waals surface area contributed by atoms with Crippen LogP contribution in [-0.2, 0) is 0 Å². The number of hydrogen-bond acceptors (Lipinski definition) is 2. The predicted molar refractivity (Wildman–Crippen MR) is 73.9 cm³/mol. The van der Waals surface area contributed by atoms with Crippen LogP contribution in [0.5, 0.6) is 0 Å². The summed E-state index contributed by atoms with van der Waals surface area (Å²) in [6.45, 7) is 13.7. The smallest absolute Gasteiger partial charge is 0.00411 e. The summed E-state index contributed by atoms with van der Waals surface area (Å²) >= 11 is 0. The van der Waals surface area contributed by atoms with Gasteiger partial charge in [-0.25, -0.2) is 0 Å². The van der Waals surface area contributed by atoms with Gasteiger partial charge in [-0.05, 0) is 52.1 Å². The first-order chi connectivity index (χ1) is 7.56. The molecular formula is C14H32N2. The molecule has 0 aromatic heterocycles. The Hall–Kier alpha value is -0.0800. The maximum atomic E-state index is 3.58. The van der Waals surface area contributed by atoms with Gasteiger partial charge in [-0.3, -0.25) is 0 Å². The Morgan fingerprint density at radius 3 is 1.94 bits per heavy atom. The van der Waals surface area contributed by atoms with Crippen LogP contribution in [0.15, 0.2) is 0 Å². The zero-order valence-electron chi connectivity index (χ0n) is 12.0. The minimum atomic E-state index is 0.660. The molecular weight excluding hydrogens is 196 g/mol. The average Bonchev–Trinajstić information content (AvgIpc) is 2.16. The molecule has 0 fully saturated rings. The van der Waals surface area contributed by atoms with E-state index in [1.165, 1.54) is 25.7 Å². The Bertz CT molecular complexity index is 146. The van der Waals surface area contributed by atoms with E-state index in [1.54, 1.807) is 0 Å². The van der Waals surface area contributed by atoms with Crippen molar-refractivity contribution in [3.05, 3.63) is 0 Å². The first kappa shape index (κ1) is 15.9. The highest BCUT2D eigenvalue weighted by Crippen LogP contribution is 2.03. The van der Waals surface area contributed by atoms with E-state index in [0.717, 1.165) is 19.0 Å². The Kier molecular flexibility index (Phi) is 10.0. The van der Waals surface area contributed by atoms with Crippen LogP contribution in [-0.4, -0.2) is 25.2 Å². The van der Waals surface area contributed by atoms with Crippen molar-refractivity contribution in [1.29, 1.82) is 0 Å². The number of rotatable bonds is 10. The summed E-state index contributed by atoms with van der Waals surface area (Å²) in [4.78, 5) is 0. The topological polar surface area (TPSA) is 24.1 Å². The molecule has 0 radical (unpaired) electrons. The summed E-state index contributed by atoms with van der Waals surface area (Å²) in [7, 11) is 0. The standard InChI is InChI=1S/C14H32N2/c1-6-8-13(4)15-9-7-10-16-14(5)11-12(2)3/h12-16H,6-11H2,1-5H3. The second-order valence-corrected chi connectivity index (χ2v) is 5.48. The summed E-state index contributed by atoms with van der Waals surface area (Å²) in [5.41, 5.74) is 0. The van der Waals surface area contributed by atoms with Crippen molar-refractivity contribution < 1.29 is 0 Å². The molecule has 0 heterocycles. The fourth-order valence-electron chi connectivity index (χ4n) is 2.11. The lowest BCUT2D eigenvalue weighted by Crippen LogP contribution is -2.32. The normalized spacial score (nSPS) is 15.4. The van der Waals surface area contributed by atoms with Gasteiger partial charge >= 0.3 is 0 Å². The van der Waals surface area contributed by atoms with Gasteiger partial charge in [0.15, 0.2) is 0 Å². The van der Waals surface area contributed by atoms with Crippen LogP contribution < -0.4 is 10.6 Å². The van der Waals surface area contributed by atoms with Gasteiger partial charge in [0.05, 0.1) is 0 Å². The second-order valence-electron chi connectivity index (χ2n) is 5.48. The van der Waals surface area contributed by atoms with Crippen LogP contribution in [0.25, 0.3) is 0 Å². The lowest BCUT2D eigenvalue weighted by Gasteiger charge is -2.17. The molecule has 0 aromatic rings.